The fourth-order valence-corrected chi connectivity index (χ4v) is 3.37. The van der Waals surface area contributed by atoms with Crippen molar-refractivity contribution in [2.75, 3.05) is 5.32 Å². The van der Waals surface area contributed by atoms with E-state index in [9.17, 15) is 13.6 Å². The predicted octanol–water partition coefficient (Wildman–Crippen LogP) is 3.34. The number of halogens is 2. The van der Waals surface area contributed by atoms with Crippen LogP contribution in [0.3, 0.4) is 0 Å². The van der Waals surface area contributed by atoms with Gasteiger partial charge in [0.15, 0.2) is 11.6 Å². The summed E-state index contributed by atoms with van der Waals surface area (Å²) in [4.78, 5) is 12.1. The first-order valence-corrected chi connectivity index (χ1v) is 6.39. The van der Waals surface area contributed by atoms with E-state index in [-0.39, 0.29) is 11.8 Å². The van der Waals surface area contributed by atoms with Crippen molar-refractivity contribution in [3.8, 4) is 0 Å². The Balaban J connectivity index is 1.69. The van der Waals surface area contributed by atoms with E-state index < -0.39 is 11.6 Å². The van der Waals surface area contributed by atoms with Crippen molar-refractivity contribution in [2.24, 2.45) is 17.8 Å². The van der Waals surface area contributed by atoms with Crippen molar-refractivity contribution in [1.82, 2.24) is 0 Å². The number of hydrogen-bond donors (Lipinski definition) is 1. The van der Waals surface area contributed by atoms with E-state index in [1.54, 1.807) is 0 Å². The number of nitrogens with one attached hydrogen (secondary N) is 1. The van der Waals surface area contributed by atoms with Crippen LogP contribution in [0.25, 0.3) is 0 Å². The third-order valence-electron chi connectivity index (χ3n) is 4.26. The molecule has 0 radical (unpaired) electrons. The van der Waals surface area contributed by atoms with Gasteiger partial charge >= 0.3 is 0 Å². The summed E-state index contributed by atoms with van der Waals surface area (Å²) in [6, 6.07) is 3.45. The number of benzene rings is 1. The molecular formula is C14H15F2NO. The van der Waals surface area contributed by atoms with Crippen molar-refractivity contribution in [3.63, 3.8) is 0 Å². The molecule has 4 heteroatoms. The Morgan fingerprint density at radius 3 is 2.61 bits per heavy atom. The second kappa shape index (κ2) is 4.34. The molecule has 0 heterocycles. The Bertz CT molecular complexity index is 489. The van der Waals surface area contributed by atoms with Crippen molar-refractivity contribution in [1.29, 1.82) is 0 Å². The van der Waals surface area contributed by atoms with Crippen molar-refractivity contribution >= 4 is 11.6 Å². The van der Waals surface area contributed by atoms with Gasteiger partial charge in [-0.15, -0.1) is 0 Å². The van der Waals surface area contributed by atoms with Gasteiger partial charge in [0.1, 0.15) is 0 Å². The van der Waals surface area contributed by atoms with Gasteiger partial charge in [0, 0.05) is 17.7 Å². The normalized spacial score (nSPS) is 29.6. The Labute approximate surface area is 104 Å². The van der Waals surface area contributed by atoms with Crippen LogP contribution < -0.4 is 5.32 Å². The standard InChI is InChI=1S/C14H15F2NO/c15-12-4-3-10(7-13(12)16)17-14(18)11-6-8-1-2-9(11)5-8/h3-4,7-9,11H,1-2,5-6H2,(H,17,18). The number of carbonyl (C=O) groups excluding carboxylic acids is 1. The average molecular weight is 251 g/mol. The van der Waals surface area contributed by atoms with E-state index in [0.29, 0.717) is 17.5 Å². The summed E-state index contributed by atoms with van der Waals surface area (Å²) in [6.45, 7) is 0. The molecule has 0 aliphatic heterocycles. The van der Waals surface area contributed by atoms with Crippen LogP contribution in [-0.2, 0) is 4.79 Å². The largest absolute Gasteiger partial charge is 0.326 e. The van der Waals surface area contributed by atoms with Crippen LogP contribution in [-0.4, -0.2) is 5.91 Å². The van der Waals surface area contributed by atoms with Gasteiger partial charge in [0.05, 0.1) is 0 Å². The molecule has 2 aliphatic rings. The first-order chi connectivity index (χ1) is 8.63. The highest BCUT2D eigenvalue weighted by Gasteiger charge is 2.42. The monoisotopic (exact) mass is 251 g/mol. The first-order valence-electron chi connectivity index (χ1n) is 6.39. The van der Waals surface area contributed by atoms with E-state index in [1.165, 1.54) is 12.5 Å². The van der Waals surface area contributed by atoms with E-state index in [0.717, 1.165) is 31.4 Å². The zero-order valence-corrected chi connectivity index (χ0v) is 9.96. The molecule has 2 aliphatic carbocycles. The number of hydrogen-bond acceptors (Lipinski definition) is 1. The fraction of sp³-hybridized carbons (Fsp3) is 0.500. The summed E-state index contributed by atoms with van der Waals surface area (Å²) in [7, 11) is 0. The van der Waals surface area contributed by atoms with Crippen molar-refractivity contribution < 1.29 is 13.6 Å². The minimum atomic E-state index is -0.930. The average Bonchev–Trinajstić information content (AvgIpc) is 2.96. The molecule has 96 valence electrons. The summed E-state index contributed by atoms with van der Waals surface area (Å²) in [6.07, 6.45) is 4.45. The van der Waals surface area contributed by atoms with Gasteiger partial charge < -0.3 is 5.32 Å². The fourth-order valence-electron chi connectivity index (χ4n) is 3.37. The molecule has 0 saturated heterocycles. The topological polar surface area (TPSA) is 29.1 Å². The lowest BCUT2D eigenvalue weighted by Gasteiger charge is -2.20. The zero-order chi connectivity index (χ0) is 12.7. The summed E-state index contributed by atoms with van der Waals surface area (Å²) in [5, 5.41) is 2.69. The molecule has 1 aromatic carbocycles. The molecule has 1 N–H and O–H groups in total. The van der Waals surface area contributed by atoms with Gasteiger partial charge in [-0.3, -0.25) is 4.79 Å². The van der Waals surface area contributed by atoms with Crippen LogP contribution in [0.5, 0.6) is 0 Å². The maximum absolute atomic E-state index is 13.0. The van der Waals surface area contributed by atoms with E-state index >= 15 is 0 Å². The maximum atomic E-state index is 13.0. The Morgan fingerprint density at radius 1 is 1.17 bits per heavy atom. The molecule has 1 aromatic rings. The van der Waals surface area contributed by atoms with Crippen LogP contribution in [0.2, 0.25) is 0 Å². The molecule has 0 spiro atoms. The lowest BCUT2D eigenvalue weighted by molar-refractivity contribution is -0.121. The number of carbonyl (C=O) groups is 1. The van der Waals surface area contributed by atoms with E-state index in [4.69, 9.17) is 0 Å². The Morgan fingerprint density at radius 2 is 2.00 bits per heavy atom. The van der Waals surface area contributed by atoms with Gasteiger partial charge in [-0.2, -0.15) is 0 Å². The predicted molar refractivity (Wildman–Crippen MR) is 63.9 cm³/mol. The van der Waals surface area contributed by atoms with Gasteiger partial charge in [0.25, 0.3) is 0 Å². The molecule has 3 unspecified atom stereocenters. The summed E-state index contributed by atoms with van der Waals surface area (Å²) in [5.74, 6) is -0.644. The highest BCUT2D eigenvalue weighted by molar-refractivity contribution is 5.93. The lowest BCUT2D eigenvalue weighted by atomic mass is 9.88. The Hall–Kier alpha value is -1.45. The minimum Gasteiger partial charge on any atom is -0.326 e. The molecule has 2 nitrogen and oxygen atoms in total. The molecule has 2 bridgehead atoms. The second-order valence-corrected chi connectivity index (χ2v) is 5.40. The number of anilines is 1. The smallest absolute Gasteiger partial charge is 0.227 e. The maximum Gasteiger partial charge on any atom is 0.227 e. The molecule has 2 saturated carbocycles. The summed E-state index contributed by atoms with van der Waals surface area (Å²) >= 11 is 0. The van der Waals surface area contributed by atoms with Crippen molar-refractivity contribution in [3.05, 3.63) is 29.8 Å². The second-order valence-electron chi connectivity index (χ2n) is 5.40. The molecule has 0 aromatic heterocycles. The van der Waals surface area contributed by atoms with Gasteiger partial charge in [0.2, 0.25) is 5.91 Å². The number of amides is 1. The highest BCUT2D eigenvalue weighted by atomic mass is 19.2. The third-order valence-corrected chi connectivity index (χ3v) is 4.26. The minimum absolute atomic E-state index is 0.0480. The molecule has 2 fully saturated rings. The first kappa shape index (κ1) is 11.6. The SMILES string of the molecule is O=C(Nc1ccc(F)c(F)c1)C1CC2CCC1C2. The molecule has 3 atom stereocenters. The van der Waals surface area contributed by atoms with E-state index in [2.05, 4.69) is 5.32 Å². The summed E-state index contributed by atoms with van der Waals surface area (Å²) in [5.41, 5.74) is 0.335. The summed E-state index contributed by atoms with van der Waals surface area (Å²) < 4.78 is 25.8. The zero-order valence-electron chi connectivity index (χ0n) is 9.96. The van der Waals surface area contributed by atoms with Gasteiger partial charge in [-0.05, 0) is 43.2 Å². The third kappa shape index (κ3) is 2.00. The van der Waals surface area contributed by atoms with Crippen LogP contribution in [0.1, 0.15) is 25.7 Å². The van der Waals surface area contributed by atoms with Gasteiger partial charge in [-0.25, -0.2) is 8.78 Å². The molecule has 3 rings (SSSR count). The molecule has 1 amide bonds. The van der Waals surface area contributed by atoms with Gasteiger partial charge in [-0.1, -0.05) is 6.42 Å². The number of rotatable bonds is 2. The van der Waals surface area contributed by atoms with Crippen LogP contribution in [0.15, 0.2) is 18.2 Å². The quantitative estimate of drug-likeness (QED) is 0.858. The van der Waals surface area contributed by atoms with Crippen LogP contribution in [0, 0.1) is 29.4 Å². The van der Waals surface area contributed by atoms with E-state index in [1.807, 2.05) is 0 Å². The van der Waals surface area contributed by atoms with Crippen LogP contribution >= 0.6 is 0 Å². The molecule has 18 heavy (non-hydrogen) atoms. The highest BCUT2D eigenvalue weighted by Crippen LogP contribution is 2.48. The lowest BCUT2D eigenvalue weighted by Crippen LogP contribution is -2.27. The Kier molecular flexibility index (Phi) is 2.80. The van der Waals surface area contributed by atoms with Crippen LogP contribution in [0.4, 0.5) is 14.5 Å². The van der Waals surface area contributed by atoms with Crippen molar-refractivity contribution in [2.45, 2.75) is 25.7 Å². The molecular weight excluding hydrogens is 236 g/mol. The number of fused-ring (bicyclic) bond motifs is 2.